The van der Waals surface area contributed by atoms with Gasteiger partial charge in [-0.1, -0.05) is 65.3 Å². The van der Waals surface area contributed by atoms with Crippen molar-refractivity contribution < 1.29 is 14.3 Å². The van der Waals surface area contributed by atoms with Crippen LogP contribution in [0.5, 0.6) is 0 Å². The van der Waals surface area contributed by atoms with Crippen LogP contribution in [0.15, 0.2) is 59.9 Å². The molecule has 1 heterocycles. The van der Waals surface area contributed by atoms with E-state index < -0.39 is 11.9 Å². The molecule has 1 N–H and O–H groups in total. The molecule has 3 rings (SSSR count). The van der Waals surface area contributed by atoms with Crippen LogP contribution in [0.4, 0.5) is 5.69 Å². The maximum Gasteiger partial charge on any atom is 0.339 e. The summed E-state index contributed by atoms with van der Waals surface area (Å²) in [5.41, 5.74) is 2.90. The number of aromatic nitrogens is 2. The van der Waals surface area contributed by atoms with Gasteiger partial charge < -0.3 is 10.1 Å². The minimum Gasteiger partial charge on any atom is -0.465 e. The first-order valence-electron chi connectivity index (χ1n) is 8.67. The Balaban J connectivity index is 1.76. The van der Waals surface area contributed by atoms with Crippen LogP contribution < -0.4 is 5.32 Å². The lowest BCUT2D eigenvalue weighted by Gasteiger charge is -2.10. The number of nitrogens with zero attached hydrogens (tertiary/aromatic N) is 2. The van der Waals surface area contributed by atoms with Crippen LogP contribution >= 0.6 is 23.4 Å². The number of carbonyl (C=O) groups is 2. The van der Waals surface area contributed by atoms with Crippen molar-refractivity contribution >= 4 is 40.9 Å². The number of hydrogen-bond acceptors (Lipinski definition) is 6. The standard InChI is InChI=1S/C21H18ClN3O3S/c1-13-7-9-14(10-8-13)12-29-21-23-11-16(22)18(25-21)19(26)24-17-6-4-3-5-15(17)20(27)28-2/h3-11H,12H2,1-2H3,(H,24,26). The third-order valence-electron chi connectivity index (χ3n) is 4.01. The van der Waals surface area contributed by atoms with Gasteiger partial charge in [-0.15, -0.1) is 0 Å². The van der Waals surface area contributed by atoms with Gasteiger partial charge in [-0.25, -0.2) is 14.8 Å². The molecule has 1 amide bonds. The Morgan fingerprint density at radius 1 is 1.14 bits per heavy atom. The van der Waals surface area contributed by atoms with Crippen LogP contribution in [0.25, 0.3) is 0 Å². The highest BCUT2D eigenvalue weighted by atomic mass is 35.5. The maximum atomic E-state index is 12.7. The Kier molecular flexibility index (Phi) is 6.85. The number of anilines is 1. The van der Waals surface area contributed by atoms with Gasteiger partial charge in [0.1, 0.15) is 0 Å². The molecule has 0 radical (unpaired) electrons. The zero-order valence-corrected chi connectivity index (χ0v) is 17.4. The number of benzene rings is 2. The fraction of sp³-hybridized carbons (Fsp3) is 0.143. The highest BCUT2D eigenvalue weighted by Gasteiger charge is 2.18. The van der Waals surface area contributed by atoms with Crippen molar-refractivity contribution in [3.8, 4) is 0 Å². The predicted octanol–water partition coefficient (Wildman–Crippen LogP) is 4.77. The summed E-state index contributed by atoms with van der Waals surface area (Å²) >= 11 is 7.54. The van der Waals surface area contributed by atoms with Gasteiger partial charge in [0, 0.05) is 5.75 Å². The lowest BCUT2D eigenvalue weighted by Crippen LogP contribution is -2.17. The predicted molar refractivity (Wildman–Crippen MR) is 114 cm³/mol. The SMILES string of the molecule is COC(=O)c1ccccc1NC(=O)c1nc(SCc2ccc(C)cc2)ncc1Cl. The molecule has 0 saturated heterocycles. The molecule has 29 heavy (non-hydrogen) atoms. The molecule has 0 saturated carbocycles. The van der Waals surface area contributed by atoms with E-state index in [-0.39, 0.29) is 16.3 Å². The molecule has 6 nitrogen and oxygen atoms in total. The highest BCUT2D eigenvalue weighted by Crippen LogP contribution is 2.24. The van der Waals surface area contributed by atoms with E-state index in [4.69, 9.17) is 16.3 Å². The normalized spacial score (nSPS) is 10.4. The highest BCUT2D eigenvalue weighted by molar-refractivity contribution is 7.98. The van der Waals surface area contributed by atoms with Gasteiger partial charge >= 0.3 is 5.97 Å². The Morgan fingerprint density at radius 3 is 2.59 bits per heavy atom. The van der Waals surface area contributed by atoms with E-state index in [0.717, 1.165) is 5.56 Å². The summed E-state index contributed by atoms with van der Waals surface area (Å²) in [6.45, 7) is 2.03. The number of ether oxygens (including phenoxy) is 1. The van der Waals surface area contributed by atoms with Crippen LogP contribution in [0.3, 0.4) is 0 Å². The molecule has 0 unspecified atom stereocenters. The largest absolute Gasteiger partial charge is 0.465 e. The molecule has 2 aromatic carbocycles. The molecule has 0 aliphatic rings. The number of rotatable bonds is 6. The Bertz CT molecular complexity index is 1040. The summed E-state index contributed by atoms with van der Waals surface area (Å²) in [6, 6.07) is 14.7. The van der Waals surface area contributed by atoms with Crippen molar-refractivity contribution in [2.45, 2.75) is 17.8 Å². The minimum absolute atomic E-state index is 0.0349. The van der Waals surface area contributed by atoms with E-state index in [2.05, 4.69) is 15.3 Å². The molecule has 0 aliphatic heterocycles. The number of thioether (sulfide) groups is 1. The van der Waals surface area contributed by atoms with Gasteiger partial charge in [0.15, 0.2) is 10.9 Å². The number of nitrogens with one attached hydrogen (secondary N) is 1. The van der Waals surface area contributed by atoms with E-state index in [1.54, 1.807) is 24.3 Å². The Hall–Kier alpha value is -2.90. The van der Waals surface area contributed by atoms with Crippen LogP contribution in [0.1, 0.15) is 32.0 Å². The van der Waals surface area contributed by atoms with Gasteiger partial charge in [0.05, 0.1) is 29.6 Å². The lowest BCUT2D eigenvalue weighted by atomic mass is 10.1. The summed E-state index contributed by atoms with van der Waals surface area (Å²) in [6.07, 6.45) is 1.40. The summed E-state index contributed by atoms with van der Waals surface area (Å²) in [5, 5.41) is 3.22. The molecule has 0 spiro atoms. The topological polar surface area (TPSA) is 81.2 Å². The van der Waals surface area contributed by atoms with Crippen molar-refractivity contribution in [3.63, 3.8) is 0 Å². The van der Waals surface area contributed by atoms with Gasteiger partial charge in [0.25, 0.3) is 5.91 Å². The number of carbonyl (C=O) groups excluding carboxylic acids is 2. The quantitative estimate of drug-likeness (QED) is 0.346. The monoisotopic (exact) mass is 427 g/mol. The second-order valence-electron chi connectivity index (χ2n) is 6.11. The van der Waals surface area contributed by atoms with E-state index in [9.17, 15) is 9.59 Å². The van der Waals surface area contributed by atoms with E-state index >= 15 is 0 Å². The average molecular weight is 428 g/mol. The summed E-state index contributed by atoms with van der Waals surface area (Å²) in [5.74, 6) is -0.427. The molecule has 148 valence electrons. The fourth-order valence-corrected chi connectivity index (χ4v) is 3.42. The number of para-hydroxylation sites is 1. The molecule has 0 aliphatic carbocycles. The van der Waals surface area contributed by atoms with Crippen molar-refractivity contribution in [3.05, 3.63) is 82.1 Å². The summed E-state index contributed by atoms with van der Waals surface area (Å²) < 4.78 is 4.74. The maximum absolute atomic E-state index is 12.7. The van der Waals surface area contributed by atoms with Crippen LogP contribution in [0.2, 0.25) is 5.02 Å². The second kappa shape index (κ2) is 9.54. The van der Waals surface area contributed by atoms with Crippen LogP contribution in [0, 0.1) is 6.92 Å². The molecule has 0 atom stereocenters. The van der Waals surface area contributed by atoms with Crippen LogP contribution in [-0.2, 0) is 10.5 Å². The van der Waals surface area contributed by atoms with Gasteiger partial charge in [-0.2, -0.15) is 0 Å². The first-order valence-corrected chi connectivity index (χ1v) is 10.0. The van der Waals surface area contributed by atoms with Gasteiger partial charge in [-0.05, 0) is 24.6 Å². The van der Waals surface area contributed by atoms with Crippen LogP contribution in [-0.4, -0.2) is 29.0 Å². The number of hydrogen-bond donors (Lipinski definition) is 1. The molecular weight excluding hydrogens is 410 g/mol. The first kappa shape index (κ1) is 20.8. The number of amides is 1. The number of esters is 1. The van der Waals surface area contributed by atoms with Crippen molar-refractivity contribution in [1.82, 2.24) is 9.97 Å². The number of methoxy groups -OCH3 is 1. The minimum atomic E-state index is -0.552. The molecule has 1 aromatic heterocycles. The van der Waals surface area contributed by atoms with Crippen molar-refractivity contribution in [2.24, 2.45) is 0 Å². The van der Waals surface area contributed by atoms with E-state index in [0.29, 0.717) is 16.6 Å². The number of aryl methyl sites for hydroxylation is 1. The zero-order chi connectivity index (χ0) is 20.8. The van der Waals surface area contributed by atoms with Crippen molar-refractivity contribution in [1.29, 1.82) is 0 Å². The second-order valence-corrected chi connectivity index (χ2v) is 7.46. The number of halogens is 1. The molecule has 0 fully saturated rings. The average Bonchev–Trinajstić information content (AvgIpc) is 2.74. The van der Waals surface area contributed by atoms with Gasteiger partial charge in [0.2, 0.25) is 0 Å². The summed E-state index contributed by atoms with van der Waals surface area (Å²) in [4.78, 5) is 33.1. The third kappa shape index (κ3) is 5.34. The molecule has 0 bridgehead atoms. The van der Waals surface area contributed by atoms with E-state index in [1.165, 1.54) is 30.6 Å². The smallest absolute Gasteiger partial charge is 0.339 e. The lowest BCUT2D eigenvalue weighted by molar-refractivity contribution is 0.0602. The van der Waals surface area contributed by atoms with Gasteiger partial charge in [-0.3, -0.25) is 4.79 Å². The first-order chi connectivity index (χ1) is 14.0. The van der Waals surface area contributed by atoms with E-state index in [1.807, 2.05) is 31.2 Å². The fourth-order valence-electron chi connectivity index (χ4n) is 2.47. The molecule has 3 aromatic rings. The third-order valence-corrected chi connectivity index (χ3v) is 5.22. The molecule has 8 heteroatoms. The molecular formula is C21H18ClN3O3S. The Labute approximate surface area is 177 Å². The summed E-state index contributed by atoms with van der Waals surface area (Å²) in [7, 11) is 1.28. The van der Waals surface area contributed by atoms with Crippen molar-refractivity contribution in [2.75, 3.05) is 12.4 Å². The Morgan fingerprint density at radius 2 is 1.86 bits per heavy atom. The zero-order valence-electron chi connectivity index (χ0n) is 15.8.